The Hall–Kier alpha value is -3.24. The molecule has 2 atom stereocenters. The zero-order chi connectivity index (χ0) is 24.1. The molecule has 32 heavy (non-hydrogen) atoms. The molecule has 1 aliphatic rings. The minimum absolute atomic E-state index is 0.250. The molecule has 10 nitrogen and oxygen atoms in total. The molecule has 0 radical (unpaired) electrons. The first-order valence-electron chi connectivity index (χ1n) is 10.2. The van der Waals surface area contributed by atoms with Crippen LogP contribution in [0.3, 0.4) is 0 Å². The molecule has 1 fully saturated rings. The number of aliphatic carboxylic acids is 1. The van der Waals surface area contributed by atoms with Crippen LogP contribution in [-0.2, 0) is 33.8 Å². The summed E-state index contributed by atoms with van der Waals surface area (Å²) in [6.07, 6.45) is 0.698. The highest BCUT2D eigenvalue weighted by Crippen LogP contribution is 2.36. The van der Waals surface area contributed by atoms with Crippen molar-refractivity contribution in [3.8, 4) is 0 Å². The third kappa shape index (κ3) is 7.17. The number of carboxylic acids is 1. The molecule has 2 heterocycles. The maximum atomic E-state index is 12.1. The van der Waals surface area contributed by atoms with Crippen LogP contribution in [0.1, 0.15) is 36.1 Å². The van der Waals surface area contributed by atoms with Crippen molar-refractivity contribution in [3.63, 3.8) is 0 Å². The first-order chi connectivity index (χ1) is 15.3. The van der Waals surface area contributed by atoms with Crippen LogP contribution in [0.5, 0.6) is 0 Å². The Labute approximate surface area is 186 Å². The lowest BCUT2D eigenvalue weighted by Gasteiger charge is -2.42. The number of piperidine rings is 1. The molecule has 2 aromatic rings. The summed E-state index contributed by atoms with van der Waals surface area (Å²) < 4.78 is 0. The average molecular weight is 450 g/mol. The van der Waals surface area contributed by atoms with E-state index in [-0.39, 0.29) is 12.9 Å². The van der Waals surface area contributed by atoms with Crippen molar-refractivity contribution in [1.29, 1.82) is 0 Å². The second kappa shape index (κ2) is 13.2. The minimum Gasteiger partial charge on any atom is -0.483 e. The quantitative estimate of drug-likeness (QED) is 0.412. The number of aromatic amines is 1. The maximum absolute atomic E-state index is 12.1. The molecule has 1 saturated heterocycles. The lowest BCUT2D eigenvalue weighted by atomic mass is 9.71. The molecule has 5 N–H and O–H groups in total. The summed E-state index contributed by atoms with van der Waals surface area (Å²) in [6, 6.07) is 9.55. The Morgan fingerprint density at radius 1 is 1.25 bits per heavy atom. The van der Waals surface area contributed by atoms with Gasteiger partial charge in [0, 0.05) is 25.2 Å². The van der Waals surface area contributed by atoms with Crippen molar-refractivity contribution < 1.29 is 34.8 Å². The number of carbonyl (C=O) groups is 3. The number of nitrogens with zero attached hydrogens (tertiary/aromatic N) is 2. The Balaban J connectivity index is 0.000000769. The number of H-pyrrole nitrogens is 1. The molecular formula is C22H31N3O7. The maximum Gasteiger partial charge on any atom is 0.312 e. The van der Waals surface area contributed by atoms with Crippen molar-refractivity contribution >= 4 is 18.9 Å². The van der Waals surface area contributed by atoms with Crippen LogP contribution in [0, 0.1) is 12.3 Å². The fourth-order valence-corrected chi connectivity index (χ4v) is 3.77. The van der Waals surface area contributed by atoms with E-state index in [9.17, 15) is 15.0 Å². The zero-order valence-electron chi connectivity index (χ0n) is 18.3. The van der Waals surface area contributed by atoms with Crippen molar-refractivity contribution in [2.24, 2.45) is 5.41 Å². The van der Waals surface area contributed by atoms with E-state index in [0.717, 1.165) is 29.2 Å². The van der Waals surface area contributed by atoms with Crippen LogP contribution in [0.25, 0.3) is 0 Å². The normalized spacial score (nSPS) is 20.2. The van der Waals surface area contributed by atoms with E-state index in [1.807, 2.05) is 37.3 Å². The molecule has 0 unspecified atom stereocenters. The van der Waals surface area contributed by atoms with E-state index in [0.29, 0.717) is 32.5 Å². The van der Waals surface area contributed by atoms with Gasteiger partial charge in [-0.25, -0.2) is 4.98 Å². The number of likely N-dealkylation sites (tertiary alicyclic amines) is 1. The lowest BCUT2D eigenvalue weighted by Crippen LogP contribution is -2.55. The fourth-order valence-electron chi connectivity index (χ4n) is 3.77. The number of aliphatic hydroxyl groups is 1. The van der Waals surface area contributed by atoms with Gasteiger partial charge in [-0.1, -0.05) is 37.3 Å². The topological polar surface area (TPSA) is 164 Å². The number of benzene rings is 1. The molecule has 1 aromatic heterocycles. The fraction of sp³-hybridized carbons (Fsp3) is 0.455. The van der Waals surface area contributed by atoms with Crippen molar-refractivity contribution in [2.75, 3.05) is 13.1 Å². The predicted molar refractivity (Wildman–Crippen MR) is 116 cm³/mol. The van der Waals surface area contributed by atoms with Crippen molar-refractivity contribution in [2.45, 2.75) is 45.8 Å². The monoisotopic (exact) mass is 449 g/mol. The van der Waals surface area contributed by atoms with E-state index in [2.05, 4.69) is 21.8 Å². The van der Waals surface area contributed by atoms with Gasteiger partial charge in [-0.15, -0.1) is 0 Å². The van der Waals surface area contributed by atoms with Gasteiger partial charge in [0.25, 0.3) is 12.9 Å². The Bertz CT molecular complexity index is 850. The second-order valence-corrected chi connectivity index (χ2v) is 7.44. The SMILES string of the molecule is CCc1nc(CN2CC[C@](Cc3ccccc3)(C(=O)O)[C@@H](O)C2)c(C)[nH]1.O=CO.O=CO. The third-order valence-corrected chi connectivity index (χ3v) is 5.47. The van der Waals surface area contributed by atoms with Gasteiger partial charge in [-0.3, -0.25) is 19.3 Å². The molecule has 0 saturated carbocycles. The largest absolute Gasteiger partial charge is 0.483 e. The van der Waals surface area contributed by atoms with E-state index in [1.54, 1.807) is 0 Å². The number of carboxylic acid groups (broad SMARTS) is 3. The van der Waals surface area contributed by atoms with Gasteiger partial charge in [0.1, 0.15) is 11.2 Å². The van der Waals surface area contributed by atoms with E-state index in [1.165, 1.54) is 0 Å². The molecule has 0 spiro atoms. The number of imidazole rings is 1. The third-order valence-electron chi connectivity index (χ3n) is 5.47. The molecule has 0 aliphatic carbocycles. The summed E-state index contributed by atoms with van der Waals surface area (Å²) in [4.78, 5) is 38.7. The zero-order valence-corrected chi connectivity index (χ0v) is 18.3. The summed E-state index contributed by atoms with van der Waals surface area (Å²) >= 11 is 0. The number of aromatic nitrogens is 2. The molecule has 0 amide bonds. The van der Waals surface area contributed by atoms with Crippen LogP contribution in [0.15, 0.2) is 30.3 Å². The number of hydrogen-bond donors (Lipinski definition) is 5. The van der Waals surface area contributed by atoms with Crippen molar-refractivity contribution in [1.82, 2.24) is 14.9 Å². The second-order valence-electron chi connectivity index (χ2n) is 7.44. The van der Waals surface area contributed by atoms with Gasteiger partial charge < -0.3 is 25.4 Å². The first-order valence-corrected chi connectivity index (χ1v) is 10.2. The Morgan fingerprint density at radius 2 is 1.84 bits per heavy atom. The standard InChI is InChI=1S/C20H27N3O3.2CH2O2/c1-3-18-21-14(2)16(22-18)12-23-10-9-20(19(25)26,17(24)13-23)11-15-7-5-4-6-8-15;2*2-1-3/h4-8,17,24H,3,9-13H2,1-2H3,(H,21,22)(H,25,26);2*1H,(H,2,3)/t17-,20+;;/m0../s1. The highest BCUT2D eigenvalue weighted by Gasteiger charge is 2.48. The molecule has 0 bridgehead atoms. The number of β-amino-alcohol motifs (C(OH)–C–C–N with tert-alkyl or cyclic N) is 1. The van der Waals surface area contributed by atoms with E-state index in [4.69, 9.17) is 19.8 Å². The summed E-state index contributed by atoms with van der Waals surface area (Å²) in [5.41, 5.74) is 1.82. The smallest absolute Gasteiger partial charge is 0.312 e. The van der Waals surface area contributed by atoms with Crippen LogP contribution < -0.4 is 0 Å². The van der Waals surface area contributed by atoms with Crippen LogP contribution in [0.2, 0.25) is 0 Å². The van der Waals surface area contributed by atoms with Gasteiger partial charge in [0.05, 0.1) is 11.8 Å². The molecule has 176 valence electrons. The Kier molecular flexibility index (Phi) is 11.1. The van der Waals surface area contributed by atoms with E-state index >= 15 is 0 Å². The van der Waals surface area contributed by atoms with Gasteiger partial charge in [-0.05, 0) is 31.9 Å². The van der Waals surface area contributed by atoms with E-state index < -0.39 is 17.5 Å². The number of aryl methyl sites for hydroxylation is 2. The molecule has 1 aliphatic heterocycles. The molecule has 1 aromatic carbocycles. The summed E-state index contributed by atoms with van der Waals surface area (Å²) in [5.74, 6) is 0.0386. The highest BCUT2D eigenvalue weighted by atomic mass is 16.4. The number of nitrogens with one attached hydrogen (secondary N) is 1. The summed E-state index contributed by atoms with van der Waals surface area (Å²) in [7, 11) is 0. The molecule has 10 heteroatoms. The van der Waals surface area contributed by atoms with Gasteiger partial charge >= 0.3 is 5.97 Å². The Morgan fingerprint density at radius 3 is 2.31 bits per heavy atom. The van der Waals surface area contributed by atoms with Crippen molar-refractivity contribution in [3.05, 3.63) is 53.1 Å². The summed E-state index contributed by atoms with van der Waals surface area (Å²) in [6.45, 7) is 5.15. The van der Waals surface area contributed by atoms with Crippen LogP contribution in [-0.4, -0.2) is 73.4 Å². The predicted octanol–water partition coefficient (Wildman–Crippen LogP) is 1.56. The number of aliphatic hydroxyl groups excluding tert-OH is 1. The molecular weight excluding hydrogens is 418 g/mol. The average Bonchev–Trinajstić information content (AvgIpc) is 3.11. The van der Waals surface area contributed by atoms with Gasteiger partial charge in [0.15, 0.2) is 0 Å². The number of hydrogen-bond acceptors (Lipinski definition) is 6. The highest BCUT2D eigenvalue weighted by molar-refractivity contribution is 5.76. The van der Waals surface area contributed by atoms with Gasteiger partial charge in [-0.2, -0.15) is 0 Å². The first kappa shape index (κ1) is 26.8. The number of rotatable bonds is 6. The lowest BCUT2D eigenvalue weighted by molar-refractivity contribution is -0.163. The van der Waals surface area contributed by atoms with Crippen LogP contribution in [0.4, 0.5) is 0 Å². The van der Waals surface area contributed by atoms with Gasteiger partial charge in [0.2, 0.25) is 0 Å². The minimum atomic E-state index is -1.13. The summed E-state index contributed by atoms with van der Waals surface area (Å²) in [5, 5.41) is 34.4. The molecule has 3 rings (SSSR count). The van der Waals surface area contributed by atoms with Crippen LogP contribution >= 0.6 is 0 Å².